The van der Waals surface area contributed by atoms with Gasteiger partial charge in [0, 0.05) is 26.0 Å². The number of alkyl carbamates (subject to hydrolysis) is 1. The Morgan fingerprint density at radius 1 is 1.47 bits per heavy atom. The minimum atomic E-state index is -0.504. The zero-order valence-electron chi connectivity index (χ0n) is 12.7. The minimum Gasteiger partial charge on any atom is -0.444 e. The number of ether oxygens (including phenoxy) is 1. The van der Waals surface area contributed by atoms with E-state index in [0.717, 1.165) is 5.84 Å². The molecule has 0 aromatic rings. The summed E-state index contributed by atoms with van der Waals surface area (Å²) < 4.78 is 5.18. The largest absolute Gasteiger partial charge is 0.444 e. The first-order valence-corrected chi connectivity index (χ1v) is 6.76. The summed E-state index contributed by atoms with van der Waals surface area (Å²) in [6.07, 6.45) is 0.209. The normalized spacial score (nSPS) is 13.7. The second-order valence-corrected chi connectivity index (χ2v) is 5.77. The molecule has 1 N–H and O–H groups in total. The molecule has 6 heteroatoms. The van der Waals surface area contributed by atoms with Crippen LogP contribution in [-0.4, -0.2) is 54.5 Å². The van der Waals surface area contributed by atoms with Gasteiger partial charge in [0.15, 0.2) is 0 Å². The number of amidine groups is 1. The standard InChI is InChI=1S/C13H25N3O2S/c1-10(16(5)6)14-8-7-11(9-19)15-12(17)18-13(2,3)4/h9,11H,7-8H2,1-6H3,(H,15,17). The number of nitrogens with zero attached hydrogens (tertiary/aromatic N) is 2. The zero-order valence-corrected chi connectivity index (χ0v) is 13.5. The highest BCUT2D eigenvalue weighted by Gasteiger charge is 2.18. The minimum absolute atomic E-state index is 0.205. The average molecular weight is 287 g/mol. The number of aliphatic imine (C=N–C) groups is 1. The van der Waals surface area contributed by atoms with Crippen LogP contribution in [0.4, 0.5) is 4.79 Å². The van der Waals surface area contributed by atoms with Gasteiger partial charge < -0.3 is 15.0 Å². The molecule has 0 aliphatic heterocycles. The molecule has 1 unspecified atom stereocenters. The van der Waals surface area contributed by atoms with E-state index >= 15 is 0 Å². The van der Waals surface area contributed by atoms with Crippen molar-refractivity contribution in [3.05, 3.63) is 0 Å². The Balaban J connectivity index is 4.20. The maximum atomic E-state index is 11.6. The summed E-state index contributed by atoms with van der Waals surface area (Å²) in [4.78, 5) is 17.9. The monoisotopic (exact) mass is 287 g/mol. The molecule has 0 fully saturated rings. The molecular weight excluding hydrogens is 262 g/mol. The lowest BCUT2D eigenvalue weighted by molar-refractivity contribution is 0.0518. The maximum Gasteiger partial charge on any atom is 0.408 e. The van der Waals surface area contributed by atoms with Gasteiger partial charge in [0.05, 0.1) is 11.9 Å². The highest BCUT2D eigenvalue weighted by Crippen LogP contribution is 2.07. The molecule has 1 atom stereocenters. The summed E-state index contributed by atoms with van der Waals surface area (Å²) in [6, 6.07) is -0.205. The van der Waals surface area contributed by atoms with Crippen molar-refractivity contribution >= 4 is 29.5 Å². The fraction of sp³-hybridized carbons (Fsp3) is 0.769. The van der Waals surface area contributed by atoms with Crippen molar-refractivity contribution in [2.45, 2.75) is 45.8 Å². The summed E-state index contributed by atoms with van der Waals surface area (Å²) in [5.74, 6) is 0.945. The van der Waals surface area contributed by atoms with Crippen molar-refractivity contribution in [1.82, 2.24) is 10.2 Å². The Bertz CT molecular complexity index is 335. The van der Waals surface area contributed by atoms with Crippen molar-refractivity contribution in [2.24, 2.45) is 4.99 Å². The van der Waals surface area contributed by atoms with Gasteiger partial charge in [-0.3, -0.25) is 4.99 Å². The molecule has 0 aromatic heterocycles. The summed E-state index contributed by atoms with van der Waals surface area (Å²) >= 11 is 4.91. The molecule has 0 aromatic carbocycles. The molecule has 0 saturated carbocycles. The Morgan fingerprint density at radius 3 is 2.47 bits per heavy atom. The van der Waals surface area contributed by atoms with E-state index in [1.54, 1.807) is 0 Å². The van der Waals surface area contributed by atoms with E-state index in [4.69, 9.17) is 17.0 Å². The number of hydrogen-bond acceptors (Lipinski definition) is 4. The number of rotatable bonds is 5. The molecule has 5 nitrogen and oxygen atoms in total. The van der Waals surface area contributed by atoms with Gasteiger partial charge in [0.2, 0.25) is 0 Å². The molecule has 0 rings (SSSR count). The van der Waals surface area contributed by atoms with Crippen LogP contribution in [-0.2, 0) is 4.74 Å². The van der Waals surface area contributed by atoms with Gasteiger partial charge in [0.25, 0.3) is 0 Å². The van der Waals surface area contributed by atoms with E-state index in [0.29, 0.717) is 13.0 Å². The molecule has 0 spiro atoms. The molecule has 0 heterocycles. The molecule has 0 saturated heterocycles. The SMILES string of the molecule is CC(=NCCC(C=S)NC(=O)OC(C)(C)C)N(C)C. The number of amides is 1. The number of thiocarbonyl (C=S) groups is 1. The lowest BCUT2D eigenvalue weighted by Gasteiger charge is -2.21. The van der Waals surface area contributed by atoms with Gasteiger partial charge in [-0.2, -0.15) is 0 Å². The van der Waals surface area contributed by atoms with Crippen LogP contribution < -0.4 is 5.32 Å². The van der Waals surface area contributed by atoms with Crippen molar-refractivity contribution in [3.8, 4) is 0 Å². The fourth-order valence-corrected chi connectivity index (χ4v) is 1.34. The third kappa shape index (κ3) is 9.41. The molecule has 19 heavy (non-hydrogen) atoms. The Labute approximate surface area is 121 Å². The van der Waals surface area contributed by atoms with Crippen molar-refractivity contribution < 1.29 is 9.53 Å². The van der Waals surface area contributed by atoms with Crippen LogP contribution in [0.2, 0.25) is 0 Å². The number of carbonyl (C=O) groups is 1. The molecule has 0 radical (unpaired) electrons. The van der Waals surface area contributed by atoms with Crippen molar-refractivity contribution in [1.29, 1.82) is 0 Å². The fourth-order valence-electron chi connectivity index (χ4n) is 1.14. The highest BCUT2D eigenvalue weighted by atomic mass is 32.1. The second-order valence-electron chi connectivity index (χ2n) is 5.50. The number of carbonyl (C=O) groups excluding carboxylic acids is 1. The van der Waals surface area contributed by atoms with Crippen LogP contribution in [0.5, 0.6) is 0 Å². The average Bonchev–Trinajstić information content (AvgIpc) is 2.24. The summed E-state index contributed by atoms with van der Waals surface area (Å²) in [5.41, 5.74) is -0.504. The maximum absolute atomic E-state index is 11.6. The molecule has 110 valence electrons. The summed E-state index contributed by atoms with van der Waals surface area (Å²) in [6.45, 7) is 8.02. The van der Waals surface area contributed by atoms with Gasteiger partial charge >= 0.3 is 6.09 Å². The summed E-state index contributed by atoms with van der Waals surface area (Å²) in [5, 5.41) is 4.25. The molecular formula is C13H25N3O2S. The quantitative estimate of drug-likeness (QED) is 0.479. The lowest BCUT2D eigenvalue weighted by Crippen LogP contribution is -2.40. The zero-order chi connectivity index (χ0) is 15.1. The molecule has 0 bridgehead atoms. The predicted octanol–water partition coefficient (Wildman–Crippen LogP) is 2.25. The molecule has 0 aliphatic carbocycles. The number of nitrogens with one attached hydrogen (secondary N) is 1. The molecule has 0 aliphatic rings. The molecule has 1 amide bonds. The van der Waals surface area contributed by atoms with Crippen LogP contribution in [0, 0.1) is 0 Å². The van der Waals surface area contributed by atoms with E-state index in [1.807, 2.05) is 46.7 Å². The van der Waals surface area contributed by atoms with E-state index < -0.39 is 11.7 Å². The third-order valence-electron chi connectivity index (χ3n) is 2.29. The van der Waals surface area contributed by atoms with Crippen LogP contribution in [0.3, 0.4) is 0 Å². The highest BCUT2D eigenvalue weighted by molar-refractivity contribution is 7.79. The van der Waals surface area contributed by atoms with Crippen LogP contribution in [0.15, 0.2) is 4.99 Å². The van der Waals surface area contributed by atoms with Gasteiger partial charge in [-0.25, -0.2) is 4.79 Å². The summed E-state index contributed by atoms with van der Waals surface area (Å²) in [7, 11) is 3.88. The van der Waals surface area contributed by atoms with Crippen LogP contribution in [0.25, 0.3) is 0 Å². The van der Waals surface area contributed by atoms with E-state index in [9.17, 15) is 4.79 Å². The van der Waals surface area contributed by atoms with Crippen molar-refractivity contribution in [2.75, 3.05) is 20.6 Å². The van der Waals surface area contributed by atoms with Crippen molar-refractivity contribution in [3.63, 3.8) is 0 Å². The van der Waals surface area contributed by atoms with Gasteiger partial charge in [-0.05, 0) is 34.1 Å². The first-order chi connectivity index (χ1) is 8.65. The third-order valence-corrected chi connectivity index (χ3v) is 2.62. The van der Waals surface area contributed by atoms with E-state index in [2.05, 4.69) is 10.3 Å². The predicted molar refractivity (Wildman–Crippen MR) is 83.1 cm³/mol. The number of hydrogen-bond donors (Lipinski definition) is 1. The van der Waals surface area contributed by atoms with Crippen LogP contribution in [0.1, 0.15) is 34.1 Å². The first-order valence-electron chi connectivity index (χ1n) is 6.29. The Kier molecular flexibility index (Phi) is 7.59. The smallest absolute Gasteiger partial charge is 0.408 e. The lowest BCUT2D eigenvalue weighted by atomic mass is 10.2. The Hall–Kier alpha value is -1.17. The van der Waals surface area contributed by atoms with Gasteiger partial charge in [-0.15, -0.1) is 0 Å². The Morgan fingerprint density at radius 2 is 2.05 bits per heavy atom. The topological polar surface area (TPSA) is 53.9 Å². The van der Waals surface area contributed by atoms with Gasteiger partial charge in [0.1, 0.15) is 5.60 Å². The van der Waals surface area contributed by atoms with E-state index in [-0.39, 0.29) is 6.04 Å². The van der Waals surface area contributed by atoms with E-state index in [1.165, 1.54) is 5.37 Å². The van der Waals surface area contributed by atoms with Gasteiger partial charge in [-0.1, -0.05) is 12.2 Å². The van der Waals surface area contributed by atoms with Crippen LogP contribution >= 0.6 is 12.2 Å². The second kappa shape index (κ2) is 8.09. The first kappa shape index (κ1) is 17.8.